The third-order valence-corrected chi connectivity index (χ3v) is 6.18. The first-order valence-corrected chi connectivity index (χ1v) is 9.95. The molecule has 1 aliphatic rings. The number of carbonyl (C=O) groups excluding carboxylic acids is 1. The van der Waals surface area contributed by atoms with E-state index in [1.54, 1.807) is 17.8 Å². The fraction of sp³-hybridized carbons (Fsp3) is 0.364. The molecule has 0 saturated carbocycles. The van der Waals surface area contributed by atoms with E-state index in [0.29, 0.717) is 30.0 Å². The van der Waals surface area contributed by atoms with E-state index < -0.39 is 0 Å². The minimum atomic E-state index is -0.129. The molecular formula is C22H24ClN3O2. The van der Waals surface area contributed by atoms with Crippen molar-refractivity contribution >= 4 is 28.4 Å². The molecule has 1 aliphatic heterocycles. The average Bonchev–Trinajstić information content (AvgIpc) is 3.04. The van der Waals surface area contributed by atoms with Crippen molar-refractivity contribution in [3.05, 3.63) is 68.7 Å². The molecule has 3 aromatic rings. The van der Waals surface area contributed by atoms with Gasteiger partial charge < -0.3 is 14.0 Å². The number of hydrogen-bond donors (Lipinski definition) is 0. The largest absolute Gasteiger partial charge is 0.349 e. The summed E-state index contributed by atoms with van der Waals surface area (Å²) in [5.74, 6) is 0.297. The molecule has 2 aromatic heterocycles. The van der Waals surface area contributed by atoms with E-state index in [2.05, 4.69) is 6.07 Å². The van der Waals surface area contributed by atoms with Gasteiger partial charge in [0.05, 0.1) is 16.5 Å². The second kappa shape index (κ2) is 7.13. The van der Waals surface area contributed by atoms with E-state index in [9.17, 15) is 9.59 Å². The summed E-state index contributed by atoms with van der Waals surface area (Å²) in [7, 11) is 3.61. The number of rotatable bonds is 2. The first kappa shape index (κ1) is 18.8. The Morgan fingerprint density at radius 1 is 1.07 bits per heavy atom. The summed E-state index contributed by atoms with van der Waals surface area (Å²) in [6.07, 6.45) is 5.35. The van der Waals surface area contributed by atoms with Gasteiger partial charge in [0.15, 0.2) is 0 Å². The van der Waals surface area contributed by atoms with Gasteiger partial charge in [-0.25, -0.2) is 0 Å². The molecule has 0 atom stereocenters. The van der Waals surface area contributed by atoms with Crippen LogP contribution >= 0.6 is 11.6 Å². The van der Waals surface area contributed by atoms with Gasteiger partial charge in [-0.05, 0) is 42.9 Å². The van der Waals surface area contributed by atoms with Crippen molar-refractivity contribution in [2.24, 2.45) is 14.1 Å². The van der Waals surface area contributed by atoms with Crippen molar-refractivity contribution in [1.82, 2.24) is 14.0 Å². The van der Waals surface area contributed by atoms with Crippen LogP contribution in [0.25, 0.3) is 10.9 Å². The Hall–Kier alpha value is -2.53. The van der Waals surface area contributed by atoms with Crippen LogP contribution in [0.15, 0.2) is 41.5 Å². The highest BCUT2D eigenvalue weighted by Gasteiger charge is 2.28. The molecule has 1 amide bonds. The van der Waals surface area contributed by atoms with Crippen molar-refractivity contribution in [2.45, 2.75) is 25.7 Å². The van der Waals surface area contributed by atoms with Gasteiger partial charge in [-0.3, -0.25) is 9.59 Å². The monoisotopic (exact) mass is 397 g/mol. The highest BCUT2D eigenvalue weighted by molar-refractivity contribution is 6.31. The van der Waals surface area contributed by atoms with E-state index >= 15 is 0 Å². The summed E-state index contributed by atoms with van der Waals surface area (Å²) in [6.45, 7) is 3.29. The molecular weight excluding hydrogens is 374 g/mol. The van der Waals surface area contributed by atoms with Gasteiger partial charge in [-0.15, -0.1) is 0 Å². The Labute approximate surface area is 169 Å². The van der Waals surface area contributed by atoms with Gasteiger partial charge in [0, 0.05) is 44.6 Å². The Kier molecular flexibility index (Phi) is 4.79. The molecule has 0 N–H and O–H groups in total. The average molecular weight is 398 g/mol. The number of nitrogens with zero attached hydrogens (tertiary/aromatic N) is 3. The van der Waals surface area contributed by atoms with Gasteiger partial charge in [-0.2, -0.15) is 0 Å². The second-order valence-electron chi connectivity index (χ2n) is 7.69. The highest BCUT2D eigenvalue weighted by Crippen LogP contribution is 2.33. The lowest BCUT2D eigenvalue weighted by molar-refractivity contribution is 0.0714. The van der Waals surface area contributed by atoms with E-state index in [4.69, 9.17) is 11.6 Å². The zero-order valence-electron chi connectivity index (χ0n) is 16.4. The molecule has 4 rings (SSSR count). The maximum absolute atomic E-state index is 13.3. The zero-order chi connectivity index (χ0) is 20.0. The van der Waals surface area contributed by atoms with Gasteiger partial charge in [0.2, 0.25) is 0 Å². The maximum atomic E-state index is 13.3. The lowest BCUT2D eigenvalue weighted by Crippen LogP contribution is -2.38. The number of likely N-dealkylation sites (tertiary alicyclic amines) is 1. The topological polar surface area (TPSA) is 47.2 Å². The number of amides is 1. The van der Waals surface area contributed by atoms with E-state index in [0.717, 1.165) is 34.5 Å². The Bertz CT molecular complexity index is 1120. The predicted octanol–water partition coefficient (Wildman–Crippen LogP) is 3.86. The van der Waals surface area contributed by atoms with Crippen molar-refractivity contribution in [3.8, 4) is 0 Å². The molecule has 3 heterocycles. The number of benzene rings is 1. The molecule has 146 valence electrons. The molecule has 6 heteroatoms. The first-order valence-electron chi connectivity index (χ1n) is 9.57. The number of halogens is 1. The summed E-state index contributed by atoms with van der Waals surface area (Å²) in [4.78, 5) is 27.9. The van der Waals surface area contributed by atoms with Gasteiger partial charge in [-0.1, -0.05) is 29.8 Å². The third-order valence-electron chi connectivity index (χ3n) is 5.83. The molecule has 1 fully saturated rings. The zero-order valence-corrected chi connectivity index (χ0v) is 17.2. The minimum absolute atomic E-state index is 0.0640. The molecule has 0 unspecified atom stereocenters. The number of pyridine rings is 1. The van der Waals surface area contributed by atoms with Crippen molar-refractivity contribution in [1.29, 1.82) is 0 Å². The number of hydrogen-bond acceptors (Lipinski definition) is 2. The van der Waals surface area contributed by atoms with Crippen LogP contribution in [0, 0.1) is 6.92 Å². The molecule has 1 saturated heterocycles. The fourth-order valence-electron chi connectivity index (χ4n) is 4.44. The Morgan fingerprint density at radius 3 is 2.43 bits per heavy atom. The van der Waals surface area contributed by atoms with Gasteiger partial charge >= 0.3 is 0 Å². The van der Waals surface area contributed by atoms with Crippen LogP contribution < -0.4 is 5.56 Å². The molecule has 0 aliphatic carbocycles. The predicted molar refractivity (Wildman–Crippen MR) is 112 cm³/mol. The van der Waals surface area contributed by atoms with Crippen LogP contribution in [-0.2, 0) is 14.1 Å². The minimum Gasteiger partial charge on any atom is -0.349 e. The Morgan fingerprint density at radius 2 is 1.75 bits per heavy atom. The van der Waals surface area contributed by atoms with E-state index in [1.165, 1.54) is 0 Å². The summed E-state index contributed by atoms with van der Waals surface area (Å²) < 4.78 is 3.44. The van der Waals surface area contributed by atoms with Crippen LogP contribution in [0.4, 0.5) is 0 Å². The maximum Gasteiger partial charge on any atom is 0.260 e. The van der Waals surface area contributed by atoms with E-state index in [1.807, 2.05) is 47.8 Å². The van der Waals surface area contributed by atoms with E-state index in [-0.39, 0.29) is 11.5 Å². The van der Waals surface area contributed by atoms with Crippen molar-refractivity contribution < 1.29 is 4.79 Å². The first-order chi connectivity index (χ1) is 13.4. The number of piperidine rings is 1. The van der Waals surface area contributed by atoms with Gasteiger partial charge in [0.1, 0.15) is 0 Å². The quantitative estimate of drug-likeness (QED) is 0.659. The lowest BCUT2D eigenvalue weighted by atomic mass is 9.89. The van der Waals surface area contributed by atoms with Gasteiger partial charge in [0.25, 0.3) is 11.5 Å². The van der Waals surface area contributed by atoms with Crippen molar-refractivity contribution in [3.63, 3.8) is 0 Å². The molecule has 1 aromatic carbocycles. The summed E-state index contributed by atoms with van der Waals surface area (Å²) in [6, 6.07) is 7.94. The Balaban J connectivity index is 1.62. The lowest BCUT2D eigenvalue weighted by Gasteiger charge is -2.32. The normalized spacial score (nSPS) is 15.4. The van der Waals surface area contributed by atoms with Crippen LogP contribution in [0.1, 0.15) is 40.2 Å². The molecule has 5 nitrogen and oxygen atoms in total. The van der Waals surface area contributed by atoms with Crippen LogP contribution in [0.3, 0.4) is 0 Å². The standard InChI is InChI=1S/C22H24ClN3O2/c1-14-12-25(3)22(28)19-17(13-24(2)20(14)19)21(27)26-10-8-15(9-11-26)16-6-4-5-7-18(16)23/h4-7,12-13,15H,8-11H2,1-3H3. The molecule has 0 spiro atoms. The highest BCUT2D eigenvalue weighted by atomic mass is 35.5. The summed E-state index contributed by atoms with van der Waals surface area (Å²) in [5.41, 5.74) is 3.34. The fourth-order valence-corrected chi connectivity index (χ4v) is 4.73. The van der Waals surface area contributed by atoms with Crippen LogP contribution in [0.2, 0.25) is 5.02 Å². The summed E-state index contributed by atoms with van der Waals surface area (Å²) in [5, 5.41) is 1.31. The third kappa shape index (κ3) is 3.04. The number of aryl methyl sites for hydroxylation is 3. The number of aromatic nitrogens is 2. The SMILES string of the molecule is Cc1cn(C)c(=O)c2c(C(=O)N3CCC(c4ccccc4Cl)CC3)cn(C)c12. The van der Waals surface area contributed by atoms with Crippen LogP contribution in [0.5, 0.6) is 0 Å². The van der Waals surface area contributed by atoms with Crippen molar-refractivity contribution in [2.75, 3.05) is 13.1 Å². The number of carbonyl (C=O) groups is 1. The molecule has 28 heavy (non-hydrogen) atoms. The molecule has 0 radical (unpaired) electrons. The van der Waals surface area contributed by atoms with Crippen LogP contribution in [-0.4, -0.2) is 33.0 Å². The molecule has 0 bridgehead atoms. The smallest absolute Gasteiger partial charge is 0.260 e. The second-order valence-corrected chi connectivity index (χ2v) is 8.10. The number of fused-ring (bicyclic) bond motifs is 1. The summed E-state index contributed by atoms with van der Waals surface area (Å²) >= 11 is 6.35.